The summed E-state index contributed by atoms with van der Waals surface area (Å²) in [5.41, 5.74) is 2.04. The number of carbonyl (C=O) groups is 1. The van der Waals surface area contributed by atoms with Crippen LogP contribution in [-0.2, 0) is 4.79 Å². The van der Waals surface area contributed by atoms with Crippen molar-refractivity contribution >= 4 is 5.78 Å². The first kappa shape index (κ1) is 18.6. The predicted octanol–water partition coefficient (Wildman–Crippen LogP) is 4.93. The summed E-state index contributed by atoms with van der Waals surface area (Å²) in [6.45, 7) is 10.1. The third kappa shape index (κ3) is 4.62. The fraction of sp³-hybridized carbons (Fsp3) is 0.571. The largest absolute Gasteiger partial charge is 0.494 e. The normalized spacial score (nSPS) is 18.0. The van der Waals surface area contributed by atoms with Crippen LogP contribution in [0, 0.1) is 0 Å². The number of allylic oxidation sites excluding steroid dienone is 1. The highest BCUT2D eigenvalue weighted by molar-refractivity contribution is 6.01. The van der Waals surface area contributed by atoms with Gasteiger partial charge in [0.1, 0.15) is 5.75 Å². The van der Waals surface area contributed by atoms with E-state index >= 15 is 0 Å². The number of hydrogen-bond donors (Lipinski definition) is 0. The van der Waals surface area contributed by atoms with E-state index in [0.29, 0.717) is 12.6 Å². The van der Waals surface area contributed by atoms with Crippen molar-refractivity contribution in [1.82, 2.24) is 4.90 Å². The minimum absolute atomic E-state index is 0.0885. The first-order chi connectivity index (χ1) is 11.6. The SMILES string of the molecule is CCCCC1=CN(C(C)C)CC(c2cccc(OCCC)c2)C1=O. The maximum absolute atomic E-state index is 13.0. The van der Waals surface area contributed by atoms with Crippen LogP contribution >= 0.6 is 0 Å². The number of benzene rings is 1. The molecular formula is C21H31NO2. The van der Waals surface area contributed by atoms with E-state index < -0.39 is 0 Å². The van der Waals surface area contributed by atoms with E-state index in [9.17, 15) is 4.79 Å². The number of carbonyl (C=O) groups excluding carboxylic acids is 1. The summed E-state index contributed by atoms with van der Waals surface area (Å²) >= 11 is 0. The smallest absolute Gasteiger partial charge is 0.169 e. The summed E-state index contributed by atoms with van der Waals surface area (Å²) in [7, 11) is 0. The average Bonchev–Trinajstić information content (AvgIpc) is 2.59. The average molecular weight is 329 g/mol. The molecule has 1 unspecified atom stereocenters. The molecule has 0 aromatic heterocycles. The molecule has 3 nitrogen and oxygen atoms in total. The van der Waals surface area contributed by atoms with Gasteiger partial charge in [-0.3, -0.25) is 4.79 Å². The predicted molar refractivity (Wildman–Crippen MR) is 99.4 cm³/mol. The van der Waals surface area contributed by atoms with Gasteiger partial charge in [0.05, 0.1) is 12.5 Å². The molecular weight excluding hydrogens is 298 g/mol. The minimum atomic E-state index is -0.0885. The Bertz CT molecular complexity index is 577. The van der Waals surface area contributed by atoms with Gasteiger partial charge in [-0.2, -0.15) is 0 Å². The summed E-state index contributed by atoms with van der Waals surface area (Å²) in [4.78, 5) is 15.3. The van der Waals surface area contributed by atoms with Crippen LogP contribution in [0.4, 0.5) is 0 Å². The Morgan fingerprint density at radius 3 is 2.71 bits per heavy atom. The number of rotatable bonds is 8. The molecule has 0 bridgehead atoms. The van der Waals surface area contributed by atoms with Gasteiger partial charge in [0, 0.05) is 24.4 Å². The molecule has 1 aromatic carbocycles. The van der Waals surface area contributed by atoms with Crippen LogP contribution in [0.2, 0.25) is 0 Å². The fourth-order valence-corrected chi connectivity index (χ4v) is 3.05. The Morgan fingerprint density at radius 1 is 1.25 bits per heavy atom. The van der Waals surface area contributed by atoms with Crippen LogP contribution < -0.4 is 4.74 Å². The third-order valence-corrected chi connectivity index (χ3v) is 4.54. The van der Waals surface area contributed by atoms with E-state index in [-0.39, 0.29) is 11.7 Å². The number of nitrogens with zero attached hydrogens (tertiary/aromatic N) is 1. The molecule has 1 aliphatic rings. The molecule has 0 saturated heterocycles. The van der Waals surface area contributed by atoms with E-state index in [1.165, 1.54) is 0 Å². The van der Waals surface area contributed by atoms with Crippen molar-refractivity contribution in [2.24, 2.45) is 0 Å². The minimum Gasteiger partial charge on any atom is -0.494 e. The molecule has 1 aromatic rings. The monoisotopic (exact) mass is 329 g/mol. The lowest BCUT2D eigenvalue weighted by atomic mass is 9.85. The van der Waals surface area contributed by atoms with Crippen molar-refractivity contribution in [1.29, 1.82) is 0 Å². The lowest BCUT2D eigenvalue weighted by Crippen LogP contribution is -2.38. The first-order valence-electron chi connectivity index (χ1n) is 9.30. The number of ketones is 1. The molecule has 0 amide bonds. The van der Waals surface area contributed by atoms with Crippen molar-refractivity contribution in [3.05, 3.63) is 41.6 Å². The van der Waals surface area contributed by atoms with E-state index in [1.54, 1.807) is 0 Å². The van der Waals surface area contributed by atoms with Crippen molar-refractivity contribution in [2.75, 3.05) is 13.2 Å². The van der Waals surface area contributed by atoms with Crippen LogP contribution in [0.15, 0.2) is 36.0 Å². The van der Waals surface area contributed by atoms with Gasteiger partial charge in [0.2, 0.25) is 0 Å². The van der Waals surface area contributed by atoms with Crippen LogP contribution in [0.5, 0.6) is 5.75 Å². The van der Waals surface area contributed by atoms with Crippen LogP contribution in [0.25, 0.3) is 0 Å². The van der Waals surface area contributed by atoms with Gasteiger partial charge in [-0.15, -0.1) is 0 Å². The summed E-state index contributed by atoms with van der Waals surface area (Å²) in [5.74, 6) is 1.06. The van der Waals surface area contributed by atoms with Crippen molar-refractivity contribution in [3.8, 4) is 5.75 Å². The fourth-order valence-electron chi connectivity index (χ4n) is 3.05. The van der Waals surface area contributed by atoms with Gasteiger partial charge in [0.25, 0.3) is 0 Å². The Morgan fingerprint density at radius 2 is 2.04 bits per heavy atom. The van der Waals surface area contributed by atoms with Crippen LogP contribution in [0.1, 0.15) is 64.9 Å². The van der Waals surface area contributed by atoms with Gasteiger partial charge in [0.15, 0.2) is 5.78 Å². The highest BCUT2D eigenvalue weighted by atomic mass is 16.5. The second-order valence-corrected chi connectivity index (χ2v) is 6.89. The number of unbranched alkanes of at least 4 members (excludes halogenated alkanes) is 1. The molecule has 24 heavy (non-hydrogen) atoms. The van der Waals surface area contributed by atoms with Crippen molar-refractivity contribution in [3.63, 3.8) is 0 Å². The van der Waals surface area contributed by atoms with Gasteiger partial charge >= 0.3 is 0 Å². The maximum Gasteiger partial charge on any atom is 0.169 e. The third-order valence-electron chi connectivity index (χ3n) is 4.54. The van der Waals surface area contributed by atoms with Gasteiger partial charge in [-0.1, -0.05) is 32.4 Å². The second kappa shape index (κ2) is 8.91. The zero-order valence-corrected chi connectivity index (χ0v) is 15.5. The van der Waals surface area contributed by atoms with E-state index in [2.05, 4.69) is 44.9 Å². The summed E-state index contributed by atoms with van der Waals surface area (Å²) < 4.78 is 5.75. The zero-order valence-electron chi connectivity index (χ0n) is 15.5. The molecule has 132 valence electrons. The Balaban J connectivity index is 2.25. The lowest BCUT2D eigenvalue weighted by Gasteiger charge is -2.35. The highest BCUT2D eigenvalue weighted by Gasteiger charge is 2.30. The summed E-state index contributed by atoms with van der Waals surface area (Å²) in [6.07, 6.45) is 6.13. The van der Waals surface area contributed by atoms with Gasteiger partial charge in [-0.25, -0.2) is 0 Å². The van der Waals surface area contributed by atoms with E-state index in [1.807, 2.05) is 18.2 Å². The number of Topliss-reactive ketones (excluding diaryl/α,β-unsaturated/α-hetero) is 1. The molecule has 0 saturated carbocycles. The van der Waals surface area contributed by atoms with E-state index in [0.717, 1.165) is 49.1 Å². The molecule has 1 atom stereocenters. The maximum atomic E-state index is 13.0. The lowest BCUT2D eigenvalue weighted by molar-refractivity contribution is -0.118. The highest BCUT2D eigenvalue weighted by Crippen LogP contribution is 2.31. The van der Waals surface area contributed by atoms with Gasteiger partial charge < -0.3 is 9.64 Å². The molecule has 1 heterocycles. The molecule has 0 radical (unpaired) electrons. The Hall–Kier alpha value is -1.77. The summed E-state index contributed by atoms with van der Waals surface area (Å²) in [6, 6.07) is 8.47. The molecule has 2 rings (SSSR count). The number of ether oxygens (including phenoxy) is 1. The van der Waals surface area contributed by atoms with Gasteiger partial charge in [-0.05, 0) is 50.8 Å². The quantitative estimate of drug-likeness (QED) is 0.677. The molecule has 0 fully saturated rings. The van der Waals surface area contributed by atoms with Crippen molar-refractivity contribution < 1.29 is 9.53 Å². The first-order valence-corrected chi connectivity index (χ1v) is 9.30. The molecule has 0 N–H and O–H groups in total. The number of hydrogen-bond acceptors (Lipinski definition) is 3. The zero-order chi connectivity index (χ0) is 17.5. The molecule has 0 aliphatic carbocycles. The standard InChI is InChI=1S/C21H31NO2/c1-5-7-9-18-14-22(16(3)4)15-20(21(18)23)17-10-8-11-19(13-17)24-12-6-2/h8,10-11,13-14,16,20H,5-7,9,12,15H2,1-4H3. The van der Waals surface area contributed by atoms with E-state index in [4.69, 9.17) is 4.74 Å². The topological polar surface area (TPSA) is 29.5 Å². The second-order valence-electron chi connectivity index (χ2n) is 6.89. The molecule has 0 spiro atoms. The molecule has 3 heteroatoms. The Kier molecular flexibility index (Phi) is 6.89. The van der Waals surface area contributed by atoms with Crippen molar-refractivity contribution in [2.45, 2.75) is 65.3 Å². The Labute approximate surface area is 146 Å². The van der Waals surface area contributed by atoms with Crippen LogP contribution in [-0.4, -0.2) is 29.9 Å². The summed E-state index contributed by atoms with van der Waals surface area (Å²) in [5, 5.41) is 0. The molecule has 1 aliphatic heterocycles. The van der Waals surface area contributed by atoms with Crippen LogP contribution in [0.3, 0.4) is 0 Å².